The van der Waals surface area contributed by atoms with Crippen molar-refractivity contribution in [2.24, 2.45) is 5.92 Å². The Morgan fingerprint density at radius 3 is 2.48 bits per heavy atom. The van der Waals surface area contributed by atoms with Gasteiger partial charge in [-0.05, 0) is 31.9 Å². The molecule has 1 fully saturated rings. The number of ether oxygens (including phenoxy) is 3. The predicted octanol–water partition coefficient (Wildman–Crippen LogP) is 2.72. The lowest BCUT2D eigenvalue weighted by Gasteiger charge is -2.31. The van der Waals surface area contributed by atoms with E-state index in [2.05, 4.69) is 5.32 Å². The zero-order chi connectivity index (χ0) is 22.4. The van der Waals surface area contributed by atoms with Gasteiger partial charge in [0.2, 0.25) is 0 Å². The Morgan fingerprint density at radius 1 is 1.16 bits per heavy atom. The first-order valence-corrected chi connectivity index (χ1v) is 9.98. The minimum absolute atomic E-state index is 0.222. The van der Waals surface area contributed by atoms with Gasteiger partial charge in [0.05, 0.1) is 26.4 Å². The van der Waals surface area contributed by atoms with E-state index in [1.807, 2.05) is 0 Å². The van der Waals surface area contributed by atoms with Crippen LogP contribution in [0.5, 0.6) is 11.5 Å². The van der Waals surface area contributed by atoms with Crippen LogP contribution in [0.3, 0.4) is 0 Å². The molecule has 9 nitrogen and oxygen atoms in total. The molecular formula is C22H26N2O7. The summed E-state index contributed by atoms with van der Waals surface area (Å²) in [6.07, 6.45) is 1.67. The summed E-state index contributed by atoms with van der Waals surface area (Å²) in [6, 6.07) is 8.17. The molecule has 0 unspecified atom stereocenters. The number of benzene rings is 1. The zero-order valence-corrected chi connectivity index (χ0v) is 17.8. The Bertz CT molecular complexity index is 904. The number of amides is 2. The number of hydrogen-bond donors (Lipinski definition) is 1. The van der Waals surface area contributed by atoms with Gasteiger partial charge < -0.3 is 28.8 Å². The number of esters is 1. The lowest BCUT2D eigenvalue weighted by molar-refractivity contribution is -0.158. The number of rotatable bonds is 7. The molecule has 2 heterocycles. The van der Waals surface area contributed by atoms with Crippen LogP contribution in [0.25, 0.3) is 0 Å². The molecule has 1 aromatic heterocycles. The van der Waals surface area contributed by atoms with Crippen LogP contribution in [0.1, 0.15) is 30.3 Å². The van der Waals surface area contributed by atoms with Crippen LogP contribution >= 0.6 is 0 Å². The molecule has 1 aromatic carbocycles. The Kier molecular flexibility index (Phi) is 7.17. The van der Waals surface area contributed by atoms with E-state index in [1.54, 1.807) is 35.2 Å². The van der Waals surface area contributed by atoms with Crippen molar-refractivity contribution in [1.82, 2.24) is 4.90 Å². The van der Waals surface area contributed by atoms with Crippen molar-refractivity contribution in [3.63, 3.8) is 0 Å². The van der Waals surface area contributed by atoms with Crippen molar-refractivity contribution in [2.75, 3.05) is 32.6 Å². The third kappa shape index (κ3) is 5.56. The summed E-state index contributed by atoms with van der Waals surface area (Å²) in [5.74, 6) is -0.494. The SMILES string of the molecule is COc1cc(NC(=O)[C@@H](C)OC(=O)[C@@H]2CCCN(C(=O)c3ccco3)C2)cc(OC)c1. The topological polar surface area (TPSA) is 107 Å². The molecule has 1 N–H and O–H groups in total. The van der Waals surface area contributed by atoms with Crippen molar-refractivity contribution in [3.05, 3.63) is 42.4 Å². The summed E-state index contributed by atoms with van der Waals surface area (Å²) in [4.78, 5) is 39.2. The van der Waals surface area contributed by atoms with Crippen molar-refractivity contribution in [1.29, 1.82) is 0 Å². The second-order valence-electron chi connectivity index (χ2n) is 7.24. The average molecular weight is 430 g/mol. The van der Waals surface area contributed by atoms with Crippen LogP contribution in [-0.2, 0) is 14.3 Å². The molecule has 2 aromatic rings. The number of furan rings is 1. The number of nitrogens with zero attached hydrogens (tertiary/aromatic N) is 1. The molecular weight excluding hydrogens is 404 g/mol. The number of piperidine rings is 1. The molecule has 9 heteroatoms. The molecule has 2 amide bonds. The number of anilines is 1. The van der Waals surface area contributed by atoms with Crippen LogP contribution in [0, 0.1) is 5.92 Å². The zero-order valence-electron chi connectivity index (χ0n) is 17.8. The quantitative estimate of drug-likeness (QED) is 0.673. The van der Waals surface area contributed by atoms with E-state index in [4.69, 9.17) is 18.6 Å². The van der Waals surface area contributed by atoms with Gasteiger partial charge >= 0.3 is 5.97 Å². The van der Waals surface area contributed by atoms with Crippen molar-refractivity contribution >= 4 is 23.5 Å². The predicted molar refractivity (Wildman–Crippen MR) is 111 cm³/mol. The molecule has 0 aliphatic carbocycles. The number of hydrogen-bond acceptors (Lipinski definition) is 7. The highest BCUT2D eigenvalue weighted by atomic mass is 16.5. The third-order valence-electron chi connectivity index (χ3n) is 5.06. The molecule has 1 saturated heterocycles. The van der Waals surface area contributed by atoms with Gasteiger partial charge in [-0.1, -0.05) is 0 Å². The minimum atomic E-state index is -1.01. The first kappa shape index (κ1) is 22.2. The molecule has 1 aliphatic rings. The van der Waals surface area contributed by atoms with Gasteiger partial charge in [0.1, 0.15) is 11.5 Å². The first-order valence-electron chi connectivity index (χ1n) is 9.98. The molecule has 2 atom stereocenters. The molecule has 0 radical (unpaired) electrons. The summed E-state index contributed by atoms with van der Waals surface area (Å²) in [5.41, 5.74) is 0.456. The molecule has 31 heavy (non-hydrogen) atoms. The summed E-state index contributed by atoms with van der Waals surface area (Å²) in [5, 5.41) is 2.69. The highest BCUT2D eigenvalue weighted by Crippen LogP contribution is 2.26. The molecule has 0 bridgehead atoms. The Balaban J connectivity index is 1.57. The second-order valence-corrected chi connectivity index (χ2v) is 7.24. The lowest BCUT2D eigenvalue weighted by Crippen LogP contribution is -2.44. The normalized spacial score (nSPS) is 16.9. The highest BCUT2D eigenvalue weighted by molar-refractivity contribution is 5.95. The Morgan fingerprint density at radius 2 is 1.87 bits per heavy atom. The van der Waals surface area contributed by atoms with Crippen LogP contribution in [0.2, 0.25) is 0 Å². The van der Waals surface area contributed by atoms with E-state index in [9.17, 15) is 14.4 Å². The second kappa shape index (κ2) is 10.0. The fourth-order valence-corrected chi connectivity index (χ4v) is 3.36. The maximum atomic E-state index is 12.6. The first-order chi connectivity index (χ1) is 14.9. The van der Waals surface area contributed by atoms with Gasteiger partial charge in [-0.2, -0.15) is 0 Å². The average Bonchev–Trinajstić information content (AvgIpc) is 3.33. The van der Waals surface area contributed by atoms with Gasteiger partial charge in [-0.25, -0.2) is 0 Å². The van der Waals surface area contributed by atoms with E-state index in [0.29, 0.717) is 36.6 Å². The Hall–Kier alpha value is -3.49. The summed E-state index contributed by atoms with van der Waals surface area (Å²) in [7, 11) is 3.02. The van der Waals surface area contributed by atoms with E-state index in [-0.39, 0.29) is 18.2 Å². The number of carbonyl (C=O) groups is 3. The molecule has 1 aliphatic heterocycles. The van der Waals surface area contributed by atoms with Gasteiger partial charge in [-0.15, -0.1) is 0 Å². The Labute approximate surface area is 180 Å². The summed E-state index contributed by atoms with van der Waals surface area (Å²) >= 11 is 0. The van der Waals surface area contributed by atoms with Crippen LogP contribution in [0.15, 0.2) is 41.0 Å². The van der Waals surface area contributed by atoms with E-state index in [0.717, 1.165) is 0 Å². The van der Waals surface area contributed by atoms with Crippen LogP contribution in [-0.4, -0.2) is 56.1 Å². The standard InChI is InChI=1S/C22H26N2O7/c1-14(20(25)23-16-10-17(28-2)12-18(11-16)29-3)31-22(27)15-6-4-8-24(13-15)21(26)19-7-5-9-30-19/h5,7,9-12,14-15H,4,6,8,13H2,1-3H3,(H,23,25)/t14-,15-/m1/s1. The third-order valence-corrected chi connectivity index (χ3v) is 5.06. The molecule has 3 rings (SSSR count). The van der Waals surface area contributed by atoms with E-state index in [1.165, 1.54) is 27.4 Å². The summed E-state index contributed by atoms with van der Waals surface area (Å²) in [6.45, 7) is 2.26. The van der Waals surface area contributed by atoms with Crippen molar-refractivity contribution in [3.8, 4) is 11.5 Å². The monoisotopic (exact) mass is 430 g/mol. The van der Waals surface area contributed by atoms with Crippen molar-refractivity contribution < 1.29 is 33.0 Å². The van der Waals surface area contributed by atoms with Gasteiger partial charge in [0.25, 0.3) is 11.8 Å². The van der Waals surface area contributed by atoms with Crippen LogP contribution in [0.4, 0.5) is 5.69 Å². The van der Waals surface area contributed by atoms with E-state index < -0.39 is 23.9 Å². The highest BCUT2D eigenvalue weighted by Gasteiger charge is 2.32. The number of carbonyl (C=O) groups excluding carboxylic acids is 3. The maximum Gasteiger partial charge on any atom is 0.311 e. The number of methoxy groups -OCH3 is 2. The van der Waals surface area contributed by atoms with Crippen LogP contribution < -0.4 is 14.8 Å². The number of likely N-dealkylation sites (tertiary alicyclic amines) is 1. The lowest BCUT2D eigenvalue weighted by atomic mass is 9.98. The largest absolute Gasteiger partial charge is 0.497 e. The molecule has 0 saturated carbocycles. The summed E-state index contributed by atoms with van der Waals surface area (Å²) < 4.78 is 20.9. The minimum Gasteiger partial charge on any atom is -0.497 e. The van der Waals surface area contributed by atoms with Gasteiger partial charge in [0.15, 0.2) is 11.9 Å². The van der Waals surface area contributed by atoms with Gasteiger partial charge in [-0.3, -0.25) is 14.4 Å². The number of nitrogens with one attached hydrogen (secondary N) is 1. The maximum absolute atomic E-state index is 12.6. The van der Waals surface area contributed by atoms with Gasteiger partial charge in [0, 0.05) is 37.0 Å². The fourth-order valence-electron chi connectivity index (χ4n) is 3.36. The van der Waals surface area contributed by atoms with E-state index >= 15 is 0 Å². The molecule has 0 spiro atoms. The molecule has 166 valence electrons. The fraction of sp³-hybridized carbons (Fsp3) is 0.409. The van der Waals surface area contributed by atoms with Crippen molar-refractivity contribution in [2.45, 2.75) is 25.9 Å². The smallest absolute Gasteiger partial charge is 0.311 e.